The van der Waals surface area contributed by atoms with Gasteiger partial charge in [0.2, 0.25) is 0 Å². The van der Waals surface area contributed by atoms with Crippen LogP contribution in [0.3, 0.4) is 0 Å². The molecular weight excluding hydrogens is 328 g/mol. The molecule has 0 amide bonds. The molecule has 0 aliphatic rings. The molecule has 0 radical (unpaired) electrons. The Bertz CT molecular complexity index is 670. The Morgan fingerprint density at radius 2 is 1.90 bits per heavy atom. The molecule has 0 N–H and O–H groups in total. The van der Waals surface area contributed by atoms with E-state index >= 15 is 0 Å². The minimum absolute atomic E-state index is 0.119. The highest BCUT2D eigenvalue weighted by Gasteiger charge is 2.20. The molecule has 0 aliphatic heterocycles. The van der Waals surface area contributed by atoms with Crippen molar-refractivity contribution in [2.24, 2.45) is 0 Å². The minimum atomic E-state index is -0.119. The number of nitriles is 1. The van der Waals surface area contributed by atoms with Gasteiger partial charge in [0.1, 0.15) is 17.3 Å². The molecule has 0 bridgehead atoms. The summed E-state index contributed by atoms with van der Waals surface area (Å²) in [5.41, 5.74) is 2.29. The fourth-order valence-corrected chi connectivity index (χ4v) is 2.36. The van der Waals surface area contributed by atoms with E-state index in [1.165, 1.54) is 0 Å². The van der Waals surface area contributed by atoms with Gasteiger partial charge < -0.3 is 4.74 Å². The van der Waals surface area contributed by atoms with Gasteiger partial charge in [-0.05, 0) is 27.6 Å². The average Bonchev–Trinajstić information content (AvgIpc) is 2.45. The Morgan fingerprint density at radius 3 is 2.48 bits per heavy atom. The number of ether oxygens (including phenoxy) is 1. The van der Waals surface area contributed by atoms with Crippen molar-refractivity contribution in [2.45, 2.75) is 32.8 Å². The number of benzene rings is 1. The van der Waals surface area contributed by atoms with Crippen molar-refractivity contribution in [1.29, 1.82) is 5.26 Å². The maximum atomic E-state index is 9.35. The van der Waals surface area contributed by atoms with Crippen LogP contribution in [0.2, 0.25) is 0 Å². The van der Waals surface area contributed by atoms with Crippen LogP contribution in [0.4, 0.5) is 0 Å². The molecule has 2 aromatic rings. The Balaban J connectivity index is 2.30. The first kappa shape index (κ1) is 15.5. The molecule has 0 spiro atoms. The summed E-state index contributed by atoms with van der Waals surface area (Å²) in [6, 6.07) is 13.8. The van der Waals surface area contributed by atoms with E-state index in [4.69, 9.17) is 4.74 Å². The summed E-state index contributed by atoms with van der Waals surface area (Å²) in [7, 11) is 0. The van der Waals surface area contributed by atoms with Crippen LogP contribution >= 0.6 is 15.9 Å². The molecule has 3 nitrogen and oxygen atoms in total. The lowest BCUT2D eigenvalue weighted by atomic mass is 9.91. The maximum absolute atomic E-state index is 9.35. The first-order valence-electron chi connectivity index (χ1n) is 6.69. The molecule has 21 heavy (non-hydrogen) atoms. The highest BCUT2D eigenvalue weighted by Crippen LogP contribution is 2.32. The predicted molar refractivity (Wildman–Crippen MR) is 86.1 cm³/mol. The SMILES string of the molecule is CC(C)(C)c1cc(C#N)c(OCc2ccccc2)c(Br)n1. The number of nitrogens with zero attached hydrogens (tertiary/aromatic N) is 2. The summed E-state index contributed by atoms with van der Waals surface area (Å²) >= 11 is 3.42. The molecule has 1 aromatic heterocycles. The summed E-state index contributed by atoms with van der Waals surface area (Å²) in [6.45, 7) is 6.60. The molecule has 4 heteroatoms. The lowest BCUT2D eigenvalue weighted by Gasteiger charge is -2.19. The monoisotopic (exact) mass is 344 g/mol. The molecule has 2 rings (SSSR count). The van der Waals surface area contributed by atoms with Gasteiger partial charge in [0.15, 0.2) is 5.75 Å². The zero-order chi connectivity index (χ0) is 15.5. The third-order valence-corrected chi connectivity index (χ3v) is 3.58. The van der Waals surface area contributed by atoms with Crippen LogP contribution in [0.15, 0.2) is 41.0 Å². The van der Waals surface area contributed by atoms with Crippen LogP contribution in [0.5, 0.6) is 5.75 Å². The minimum Gasteiger partial charge on any atom is -0.485 e. The summed E-state index contributed by atoms with van der Waals surface area (Å²) in [4.78, 5) is 4.51. The van der Waals surface area contributed by atoms with Gasteiger partial charge in [-0.2, -0.15) is 5.26 Å². The lowest BCUT2D eigenvalue weighted by Crippen LogP contribution is -2.14. The highest BCUT2D eigenvalue weighted by molar-refractivity contribution is 9.10. The molecular formula is C17H17BrN2O. The van der Waals surface area contributed by atoms with Crippen LogP contribution in [-0.2, 0) is 12.0 Å². The second kappa shape index (κ2) is 6.28. The standard InChI is InChI=1S/C17H17BrN2O/c1-17(2,3)14-9-13(10-19)15(16(18)20-14)21-11-12-7-5-4-6-8-12/h4-9H,11H2,1-3H3. The Kier molecular flexibility index (Phi) is 4.64. The fourth-order valence-electron chi connectivity index (χ4n) is 1.84. The van der Waals surface area contributed by atoms with Crippen LogP contribution in [0.1, 0.15) is 37.6 Å². The largest absolute Gasteiger partial charge is 0.485 e. The Morgan fingerprint density at radius 1 is 1.24 bits per heavy atom. The first-order valence-corrected chi connectivity index (χ1v) is 7.49. The van der Waals surface area contributed by atoms with Crippen LogP contribution in [-0.4, -0.2) is 4.98 Å². The number of aromatic nitrogens is 1. The van der Waals surface area contributed by atoms with Crippen molar-refractivity contribution >= 4 is 15.9 Å². The summed E-state index contributed by atoms with van der Waals surface area (Å²) in [6.07, 6.45) is 0. The molecule has 0 saturated heterocycles. The van der Waals surface area contributed by atoms with E-state index in [9.17, 15) is 5.26 Å². The van der Waals surface area contributed by atoms with E-state index in [2.05, 4.69) is 47.8 Å². The van der Waals surface area contributed by atoms with E-state index in [1.54, 1.807) is 6.07 Å². The van der Waals surface area contributed by atoms with Gasteiger partial charge in [0.05, 0.1) is 5.56 Å². The number of hydrogen-bond donors (Lipinski definition) is 0. The number of hydrogen-bond acceptors (Lipinski definition) is 3. The second-order valence-electron chi connectivity index (χ2n) is 5.81. The molecule has 1 aromatic carbocycles. The van der Waals surface area contributed by atoms with Gasteiger partial charge in [-0.1, -0.05) is 51.1 Å². The van der Waals surface area contributed by atoms with E-state index in [-0.39, 0.29) is 5.41 Å². The van der Waals surface area contributed by atoms with Gasteiger partial charge in [0, 0.05) is 11.1 Å². The quantitative estimate of drug-likeness (QED) is 0.764. The van der Waals surface area contributed by atoms with Gasteiger partial charge in [0.25, 0.3) is 0 Å². The van der Waals surface area contributed by atoms with Crippen molar-refractivity contribution in [3.63, 3.8) is 0 Å². The number of rotatable bonds is 3. The zero-order valence-corrected chi connectivity index (χ0v) is 13.9. The normalized spacial score (nSPS) is 11.0. The molecule has 0 saturated carbocycles. The van der Waals surface area contributed by atoms with Gasteiger partial charge in [-0.3, -0.25) is 0 Å². The second-order valence-corrected chi connectivity index (χ2v) is 6.56. The predicted octanol–water partition coefficient (Wildman–Crippen LogP) is 4.59. The van der Waals surface area contributed by atoms with Crippen LogP contribution in [0, 0.1) is 11.3 Å². The summed E-state index contributed by atoms with van der Waals surface area (Å²) in [5.74, 6) is 0.495. The Hall–Kier alpha value is -1.86. The summed E-state index contributed by atoms with van der Waals surface area (Å²) in [5, 5.41) is 9.35. The van der Waals surface area contributed by atoms with Crippen molar-refractivity contribution in [2.75, 3.05) is 0 Å². The fraction of sp³-hybridized carbons (Fsp3) is 0.294. The van der Waals surface area contributed by atoms with Crippen molar-refractivity contribution in [3.05, 3.63) is 57.8 Å². The first-order chi connectivity index (χ1) is 9.91. The third kappa shape index (κ3) is 3.83. The molecule has 0 unspecified atom stereocenters. The average molecular weight is 345 g/mol. The van der Waals surface area contributed by atoms with Gasteiger partial charge in [-0.15, -0.1) is 0 Å². The van der Waals surface area contributed by atoms with E-state index in [1.807, 2.05) is 30.3 Å². The number of halogens is 1. The third-order valence-electron chi connectivity index (χ3n) is 3.05. The molecule has 0 atom stereocenters. The highest BCUT2D eigenvalue weighted by atomic mass is 79.9. The smallest absolute Gasteiger partial charge is 0.170 e. The van der Waals surface area contributed by atoms with Crippen LogP contribution < -0.4 is 4.74 Å². The maximum Gasteiger partial charge on any atom is 0.170 e. The van der Waals surface area contributed by atoms with Crippen molar-refractivity contribution in [1.82, 2.24) is 4.98 Å². The van der Waals surface area contributed by atoms with E-state index in [0.717, 1.165) is 11.3 Å². The van der Waals surface area contributed by atoms with Crippen LogP contribution in [0.25, 0.3) is 0 Å². The van der Waals surface area contributed by atoms with E-state index < -0.39 is 0 Å². The molecule has 0 fully saturated rings. The van der Waals surface area contributed by atoms with E-state index in [0.29, 0.717) is 22.5 Å². The molecule has 1 heterocycles. The number of pyridine rings is 1. The molecule has 0 aliphatic carbocycles. The van der Waals surface area contributed by atoms with Gasteiger partial charge >= 0.3 is 0 Å². The van der Waals surface area contributed by atoms with Gasteiger partial charge in [-0.25, -0.2) is 4.98 Å². The zero-order valence-electron chi connectivity index (χ0n) is 12.4. The van der Waals surface area contributed by atoms with Crippen molar-refractivity contribution < 1.29 is 4.74 Å². The molecule has 108 valence electrons. The lowest BCUT2D eigenvalue weighted by molar-refractivity contribution is 0.301. The van der Waals surface area contributed by atoms with Crippen molar-refractivity contribution in [3.8, 4) is 11.8 Å². The summed E-state index contributed by atoms with van der Waals surface area (Å²) < 4.78 is 6.35. The topological polar surface area (TPSA) is 45.9 Å². The Labute approximate surface area is 133 Å².